The van der Waals surface area contributed by atoms with Crippen LogP contribution in [0.2, 0.25) is 0 Å². The molecule has 1 aliphatic heterocycles. The van der Waals surface area contributed by atoms with Crippen LogP contribution in [0.15, 0.2) is 27.1 Å². The predicted octanol–water partition coefficient (Wildman–Crippen LogP) is 4.96. The largest absolute Gasteiger partial charge is 0.364 e. The molecule has 1 aromatic carbocycles. The molecule has 116 valence electrons. The Labute approximate surface area is 144 Å². The van der Waals surface area contributed by atoms with Crippen LogP contribution >= 0.6 is 31.9 Å². The zero-order valence-electron chi connectivity index (χ0n) is 12.6. The summed E-state index contributed by atoms with van der Waals surface area (Å²) in [5.41, 5.74) is 1.31. The van der Waals surface area contributed by atoms with E-state index in [1.54, 1.807) is 0 Å². The molecule has 4 heteroatoms. The fourth-order valence-corrected chi connectivity index (χ4v) is 5.27. The van der Waals surface area contributed by atoms with Gasteiger partial charge in [-0.15, -0.1) is 0 Å². The lowest BCUT2D eigenvalue weighted by Crippen LogP contribution is -2.58. The summed E-state index contributed by atoms with van der Waals surface area (Å²) in [4.78, 5) is 2.57. The highest BCUT2D eigenvalue weighted by atomic mass is 79.9. The number of hydrogen-bond acceptors (Lipinski definition) is 2. The number of nitrogens with one attached hydrogen (secondary N) is 1. The first-order valence-corrected chi connectivity index (χ1v) is 9.69. The van der Waals surface area contributed by atoms with Crippen LogP contribution < -0.4 is 10.2 Å². The van der Waals surface area contributed by atoms with E-state index in [4.69, 9.17) is 0 Å². The van der Waals surface area contributed by atoms with Gasteiger partial charge in [-0.1, -0.05) is 25.3 Å². The minimum absolute atomic E-state index is 0.528. The molecule has 0 aromatic heterocycles. The quantitative estimate of drug-likeness (QED) is 0.734. The van der Waals surface area contributed by atoms with Crippen molar-refractivity contribution in [2.24, 2.45) is 5.92 Å². The second-order valence-corrected chi connectivity index (χ2v) is 8.19. The Morgan fingerprint density at radius 3 is 2.43 bits per heavy atom. The summed E-state index contributed by atoms with van der Waals surface area (Å²) >= 11 is 7.47. The fourth-order valence-electron chi connectivity index (χ4n) is 3.82. The van der Waals surface area contributed by atoms with Crippen molar-refractivity contribution in [1.29, 1.82) is 0 Å². The number of piperazine rings is 1. The molecule has 1 aromatic rings. The van der Waals surface area contributed by atoms with Gasteiger partial charge in [0.05, 0.1) is 5.69 Å². The Kier molecular flexibility index (Phi) is 5.28. The Morgan fingerprint density at radius 1 is 1.10 bits per heavy atom. The van der Waals surface area contributed by atoms with Gasteiger partial charge >= 0.3 is 0 Å². The molecule has 3 rings (SSSR count). The molecule has 1 saturated heterocycles. The molecule has 2 atom stereocenters. The predicted molar refractivity (Wildman–Crippen MR) is 97.0 cm³/mol. The highest BCUT2D eigenvalue weighted by Crippen LogP contribution is 2.37. The zero-order valence-corrected chi connectivity index (χ0v) is 15.8. The lowest BCUT2D eigenvalue weighted by atomic mass is 9.82. The summed E-state index contributed by atoms with van der Waals surface area (Å²) in [5, 5.41) is 3.80. The van der Waals surface area contributed by atoms with Crippen LogP contribution in [0.25, 0.3) is 0 Å². The second-order valence-electron chi connectivity index (χ2n) is 6.48. The van der Waals surface area contributed by atoms with E-state index >= 15 is 0 Å². The molecule has 0 amide bonds. The van der Waals surface area contributed by atoms with Gasteiger partial charge in [0, 0.05) is 34.1 Å². The van der Waals surface area contributed by atoms with Crippen molar-refractivity contribution in [3.05, 3.63) is 27.1 Å². The van der Waals surface area contributed by atoms with Crippen LogP contribution in [-0.2, 0) is 0 Å². The molecule has 2 aliphatic rings. The third kappa shape index (κ3) is 3.48. The third-order valence-electron chi connectivity index (χ3n) is 5.04. The Morgan fingerprint density at radius 2 is 1.76 bits per heavy atom. The first-order valence-electron chi connectivity index (χ1n) is 8.11. The Bertz CT molecular complexity index is 465. The minimum atomic E-state index is 0.528. The molecule has 0 bridgehead atoms. The van der Waals surface area contributed by atoms with Gasteiger partial charge in [0.1, 0.15) is 0 Å². The first-order chi connectivity index (χ1) is 10.2. The fraction of sp³-hybridized carbons (Fsp3) is 0.647. The Balaban J connectivity index is 1.80. The molecular weight excluding hydrogens is 392 g/mol. The average molecular weight is 416 g/mol. The van der Waals surface area contributed by atoms with Crippen LogP contribution in [0.4, 0.5) is 5.69 Å². The van der Waals surface area contributed by atoms with Gasteiger partial charge in [0.15, 0.2) is 0 Å². The van der Waals surface area contributed by atoms with Gasteiger partial charge in [-0.2, -0.15) is 0 Å². The normalized spacial score (nSPS) is 27.9. The minimum Gasteiger partial charge on any atom is -0.364 e. The molecule has 1 heterocycles. The van der Waals surface area contributed by atoms with E-state index in [-0.39, 0.29) is 0 Å². The lowest BCUT2D eigenvalue weighted by Gasteiger charge is -2.44. The van der Waals surface area contributed by atoms with Gasteiger partial charge < -0.3 is 10.2 Å². The molecule has 1 saturated carbocycles. The number of nitrogens with zero attached hydrogens (tertiary/aromatic N) is 1. The smallest absolute Gasteiger partial charge is 0.0658 e. The third-order valence-corrected chi connectivity index (χ3v) is 6.32. The van der Waals surface area contributed by atoms with Crippen LogP contribution in [0, 0.1) is 5.92 Å². The lowest BCUT2D eigenvalue weighted by molar-refractivity contribution is 0.245. The van der Waals surface area contributed by atoms with E-state index in [0.29, 0.717) is 12.1 Å². The molecule has 21 heavy (non-hydrogen) atoms. The average Bonchev–Trinajstić information content (AvgIpc) is 2.50. The van der Waals surface area contributed by atoms with E-state index in [9.17, 15) is 0 Å². The van der Waals surface area contributed by atoms with Gasteiger partial charge in [0.2, 0.25) is 0 Å². The zero-order chi connectivity index (χ0) is 14.8. The Hall–Kier alpha value is -0.0600. The summed E-state index contributed by atoms with van der Waals surface area (Å²) < 4.78 is 2.38. The monoisotopic (exact) mass is 414 g/mol. The molecule has 2 nitrogen and oxygen atoms in total. The highest BCUT2D eigenvalue weighted by Gasteiger charge is 2.32. The summed E-state index contributed by atoms with van der Waals surface area (Å²) in [6.07, 6.45) is 7.06. The maximum atomic E-state index is 3.80. The van der Waals surface area contributed by atoms with Gasteiger partial charge in [0.25, 0.3) is 0 Å². The van der Waals surface area contributed by atoms with E-state index < -0.39 is 0 Å². The molecule has 1 N–H and O–H groups in total. The summed E-state index contributed by atoms with van der Waals surface area (Å²) in [5.74, 6) is 0.856. The summed E-state index contributed by atoms with van der Waals surface area (Å²) in [6, 6.07) is 7.54. The van der Waals surface area contributed by atoms with Crippen LogP contribution in [-0.4, -0.2) is 25.2 Å². The number of hydrogen-bond donors (Lipinski definition) is 1. The van der Waals surface area contributed by atoms with Crippen molar-refractivity contribution in [3.63, 3.8) is 0 Å². The van der Waals surface area contributed by atoms with E-state index in [1.807, 2.05) is 0 Å². The summed E-state index contributed by atoms with van der Waals surface area (Å²) in [6.45, 7) is 4.51. The number of para-hydroxylation sites is 1. The van der Waals surface area contributed by atoms with Crippen molar-refractivity contribution in [2.75, 3.05) is 18.0 Å². The second kappa shape index (κ2) is 7.01. The molecule has 0 spiro atoms. The standard InChI is InChI=1S/C17H24Br2N2/c1-12-10-20-16(13-6-3-2-4-7-13)11-21(12)17-14(18)8-5-9-15(17)19/h5,8-9,12-13,16,20H,2-4,6-7,10-11H2,1H3. The highest BCUT2D eigenvalue weighted by molar-refractivity contribution is 9.11. The number of rotatable bonds is 2. The van der Waals surface area contributed by atoms with Crippen molar-refractivity contribution in [1.82, 2.24) is 5.32 Å². The number of halogens is 2. The molecule has 2 unspecified atom stereocenters. The van der Waals surface area contributed by atoms with Crippen molar-refractivity contribution in [3.8, 4) is 0 Å². The molecule has 1 aliphatic carbocycles. The molecular formula is C17H24Br2N2. The van der Waals surface area contributed by atoms with Gasteiger partial charge in [-0.3, -0.25) is 0 Å². The van der Waals surface area contributed by atoms with Gasteiger partial charge in [-0.25, -0.2) is 0 Å². The number of benzene rings is 1. The van der Waals surface area contributed by atoms with Crippen molar-refractivity contribution >= 4 is 37.5 Å². The van der Waals surface area contributed by atoms with E-state index in [2.05, 4.69) is 67.2 Å². The molecule has 2 fully saturated rings. The topological polar surface area (TPSA) is 15.3 Å². The first kappa shape index (κ1) is 15.8. The van der Waals surface area contributed by atoms with Crippen molar-refractivity contribution in [2.45, 2.75) is 51.1 Å². The number of anilines is 1. The van der Waals surface area contributed by atoms with E-state index in [0.717, 1.165) is 19.0 Å². The van der Waals surface area contributed by atoms with Crippen molar-refractivity contribution < 1.29 is 0 Å². The van der Waals surface area contributed by atoms with Crippen LogP contribution in [0.5, 0.6) is 0 Å². The molecule has 0 radical (unpaired) electrons. The van der Waals surface area contributed by atoms with Crippen LogP contribution in [0.1, 0.15) is 39.0 Å². The maximum absolute atomic E-state index is 3.80. The summed E-state index contributed by atoms with van der Waals surface area (Å²) in [7, 11) is 0. The SMILES string of the molecule is CC1CNC(C2CCCCC2)CN1c1c(Br)cccc1Br. The van der Waals surface area contributed by atoms with E-state index in [1.165, 1.54) is 46.7 Å². The maximum Gasteiger partial charge on any atom is 0.0658 e. The van der Waals surface area contributed by atoms with Gasteiger partial charge in [-0.05, 0) is 69.7 Å². The van der Waals surface area contributed by atoms with Crippen LogP contribution in [0.3, 0.4) is 0 Å².